The van der Waals surface area contributed by atoms with Crippen molar-refractivity contribution in [3.63, 3.8) is 0 Å². The number of likely N-dealkylation sites (N-methyl/N-ethyl adjacent to an activating group) is 2. The van der Waals surface area contributed by atoms with Crippen LogP contribution in [0.4, 0.5) is 5.69 Å². The van der Waals surface area contributed by atoms with Gasteiger partial charge in [0.25, 0.3) is 0 Å². The van der Waals surface area contributed by atoms with Crippen molar-refractivity contribution in [2.24, 2.45) is 0 Å². The Bertz CT molecular complexity index is 659. The van der Waals surface area contributed by atoms with Gasteiger partial charge in [0, 0.05) is 18.5 Å². The summed E-state index contributed by atoms with van der Waals surface area (Å²) in [4.78, 5) is 19.1. The summed E-state index contributed by atoms with van der Waals surface area (Å²) >= 11 is 0. The van der Waals surface area contributed by atoms with Crippen LogP contribution < -0.4 is 4.90 Å². The number of anilines is 1. The third-order valence-electron chi connectivity index (χ3n) is 4.34. The van der Waals surface area contributed by atoms with Crippen LogP contribution in [0.1, 0.15) is 13.8 Å². The maximum Gasteiger partial charge on any atom is 0.241 e. The van der Waals surface area contributed by atoms with E-state index < -0.39 is 0 Å². The Morgan fingerprint density at radius 2 is 1.58 bits per heavy atom. The van der Waals surface area contributed by atoms with Crippen molar-refractivity contribution in [1.29, 1.82) is 0 Å². The zero-order chi connectivity index (χ0) is 17.5. The molecule has 4 heteroatoms. The van der Waals surface area contributed by atoms with Crippen LogP contribution in [0.5, 0.6) is 0 Å². The van der Waals surface area contributed by atoms with Crippen molar-refractivity contribution in [3.05, 3.63) is 42.5 Å². The number of amides is 1. The van der Waals surface area contributed by atoms with Crippen molar-refractivity contribution in [2.45, 2.75) is 13.8 Å². The number of carbonyl (C=O) groups is 1. The van der Waals surface area contributed by atoms with Gasteiger partial charge in [-0.25, -0.2) is 0 Å². The second-order valence-electron chi connectivity index (χ2n) is 6.31. The molecule has 2 rings (SSSR count). The molecule has 24 heavy (non-hydrogen) atoms. The molecule has 1 amide bonds. The molecule has 0 aliphatic heterocycles. The van der Waals surface area contributed by atoms with Gasteiger partial charge < -0.3 is 14.7 Å². The molecule has 0 N–H and O–H groups in total. The van der Waals surface area contributed by atoms with Crippen LogP contribution in [0.3, 0.4) is 0 Å². The van der Waals surface area contributed by atoms with E-state index >= 15 is 0 Å². The van der Waals surface area contributed by atoms with E-state index in [1.807, 2.05) is 42.1 Å². The van der Waals surface area contributed by atoms with E-state index in [-0.39, 0.29) is 5.91 Å². The smallest absolute Gasteiger partial charge is 0.241 e. The molecule has 130 valence electrons. The Kier molecular flexibility index (Phi) is 6.76. The summed E-state index contributed by atoms with van der Waals surface area (Å²) in [6.45, 7) is 8.34. The highest BCUT2D eigenvalue weighted by molar-refractivity contribution is 6.04. The summed E-state index contributed by atoms with van der Waals surface area (Å²) in [5.74, 6) is 0.142. The Morgan fingerprint density at radius 3 is 2.25 bits per heavy atom. The summed E-state index contributed by atoms with van der Waals surface area (Å²) in [7, 11) is 3.87. The van der Waals surface area contributed by atoms with E-state index in [4.69, 9.17) is 0 Å². The van der Waals surface area contributed by atoms with Gasteiger partial charge in [-0.2, -0.15) is 0 Å². The zero-order valence-electron chi connectivity index (χ0n) is 15.3. The van der Waals surface area contributed by atoms with Gasteiger partial charge in [-0.05, 0) is 38.6 Å². The van der Waals surface area contributed by atoms with Gasteiger partial charge in [-0.15, -0.1) is 0 Å². The molecule has 0 saturated heterocycles. The Balaban J connectivity index is 2.34. The first-order valence-electron chi connectivity index (χ1n) is 8.72. The minimum absolute atomic E-state index is 0.142. The second-order valence-corrected chi connectivity index (χ2v) is 6.31. The molecule has 4 nitrogen and oxygen atoms in total. The van der Waals surface area contributed by atoms with Crippen molar-refractivity contribution in [1.82, 2.24) is 9.80 Å². The highest BCUT2D eigenvalue weighted by atomic mass is 16.2. The molecule has 0 spiro atoms. The largest absolute Gasteiger partial charge is 0.309 e. The highest BCUT2D eigenvalue weighted by Crippen LogP contribution is 2.26. The number of benzene rings is 2. The lowest BCUT2D eigenvalue weighted by molar-refractivity contribution is -0.119. The number of hydrogen-bond donors (Lipinski definition) is 0. The minimum atomic E-state index is 0.142. The average Bonchev–Trinajstić information content (AvgIpc) is 2.58. The third kappa shape index (κ3) is 4.56. The number of nitrogens with zero attached hydrogens (tertiary/aromatic N) is 3. The fourth-order valence-corrected chi connectivity index (χ4v) is 2.96. The summed E-state index contributed by atoms with van der Waals surface area (Å²) in [5, 5.41) is 2.30. The maximum absolute atomic E-state index is 12.9. The third-order valence-corrected chi connectivity index (χ3v) is 4.34. The number of hydrogen-bond acceptors (Lipinski definition) is 3. The zero-order valence-corrected chi connectivity index (χ0v) is 15.3. The summed E-state index contributed by atoms with van der Waals surface area (Å²) in [6, 6.07) is 14.4. The molecule has 0 atom stereocenters. The van der Waals surface area contributed by atoms with Crippen molar-refractivity contribution < 1.29 is 4.79 Å². The predicted octanol–water partition coefficient (Wildman–Crippen LogP) is 3.08. The van der Waals surface area contributed by atoms with Gasteiger partial charge in [0.2, 0.25) is 5.91 Å². The molecule has 0 heterocycles. The highest BCUT2D eigenvalue weighted by Gasteiger charge is 2.19. The van der Waals surface area contributed by atoms with Gasteiger partial charge in [0.15, 0.2) is 0 Å². The quantitative estimate of drug-likeness (QED) is 0.745. The number of rotatable bonds is 8. The van der Waals surface area contributed by atoms with Crippen LogP contribution in [0.2, 0.25) is 0 Å². The lowest BCUT2D eigenvalue weighted by Gasteiger charge is -2.28. The minimum Gasteiger partial charge on any atom is -0.309 e. The molecule has 0 aliphatic rings. The molecule has 0 aromatic heterocycles. The van der Waals surface area contributed by atoms with E-state index in [1.165, 1.54) is 5.39 Å². The van der Waals surface area contributed by atoms with Crippen molar-refractivity contribution in [3.8, 4) is 0 Å². The van der Waals surface area contributed by atoms with Crippen LogP contribution in [0.25, 0.3) is 10.8 Å². The van der Waals surface area contributed by atoms with E-state index in [9.17, 15) is 4.79 Å². The van der Waals surface area contributed by atoms with Crippen LogP contribution in [0, 0.1) is 0 Å². The monoisotopic (exact) mass is 327 g/mol. The molecular weight excluding hydrogens is 298 g/mol. The first kappa shape index (κ1) is 18.4. The van der Waals surface area contributed by atoms with Gasteiger partial charge in [0.1, 0.15) is 0 Å². The molecule has 0 aliphatic carbocycles. The van der Waals surface area contributed by atoms with E-state index in [1.54, 1.807) is 0 Å². The van der Waals surface area contributed by atoms with E-state index in [2.05, 4.69) is 43.0 Å². The SMILES string of the molecule is CCN(CC)CCN(C(=O)CN(C)C)c1cccc2ccccc12. The molecule has 0 unspecified atom stereocenters. The summed E-state index contributed by atoms with van der Waals surface area (Å²) < 4.78 is 0. The number of fused-ring (bicyclic) bond motifs is 1. The van der Waals surface area contributed by atoms with Crippen LogP contribution >= 0.6 is 0 Å². The Labute approximate surface area is 145 Å². The van der Waals surface area contributed by atoms with Crippen LogP contribution in [0.15, 0.2) is 42.5 Å². The maximum atomic E-state index is 12.9. The molecule has 0 radical (unpaired) electrons. The first-order chi connectivity index (χ1) is 11.6. The summed E-state index contributed by atoms with van der Waals surface area (Å²) in [5.41, 5.74) is 1.01. The normalized spacial score (nSPS) is 11.4. The van der Waals surface area contributed by atoms with Gasteiger partial charge in [0.05, 0.1) is 12.2 Å². The van der Waals surface area contributed by atoms with Crippen molar-refractivity contribution >= 4 is 22.4 Å². The molecule has 0 fully saturated rings. The molecule has 0 saturated carbocycles. The van der Waals surface area contributed by atoms with E-state index in [0.717, 1.165) is 30.7 Å². The van der Waals surface area contributed by atoms with Crippen LogP contribution in [-0.2, 0) is 4.79 Å². The van der Waals surface area contributed by atoms with Crippen molar-refractivity contribution in [2.75, 3.05) is 51.7 Å². The standard InChI is InChI=1S/C20H29N3O/c1-5-22(6-2)14-15-23(20(24)16-21(3)4)19-13-9-11-17-10-7-8-12-18(17)19/h7-13H,5-6,14-16H2,1-4H3. The first-order valence-corrected chi connectivity index (χ1v) is 8.72. The van der Waals surface area contributed by atoms with Gasteiger partial charge >= 0.3 is 0 Å². The number of carbonyl (C=O) groups excluding carboxylic acids is 1. The van der Waals surface area contributed by atoms with Crippen LogP contribution in [-0.4, -0.2) is 62.5 Å². The topological polar surface area (TPSA) is 26.8 Å². The van der Waals surface area contributed by atoms with Gasteiger partial charge in [-0.1, -0.05) is 50.2 Å². The summed E-state index contributed by atoms with van der Waals surface area (Å²) in [6.07, 6.45) is 0. The van der Waals surface area contributed by atoms with E-state index in [0.29, 0.717) is 13.1 Å². The second kappa shape index (κ2) is 8.81. The fraction of sp³-hybridized carbons (Fsp3) is 0.450. The lowest BCUT2D eigenvalue weighted by atomic mass is 10.1. The Hall–Kier alpha value is -1.91. The molecule has 0 bridgehead atoms. The predicted molar refractivity (Wildman–Crippen MR) is 103 cm³/mol. The average molecular weight is 327 g/mol. The molecule has 2 aromatic rings. The molecular formula is C20H29N3O. The van der Waals surface area contributed by atoms with Gasteiger partial charge in [-0.3, -0.25) is 4.79 Å². The lowest BCUT2D eigenvalue weighted by Crippen LogP contribution is -2.42. The Morgan fingerprint density at radius 1 is 0.917 bits per heavy atom. The fourth-order valence-electron chi connectivity index (χ4n) is 2.96. The molecule has 2 aromatic carbocycles.